The molecular formula is C47H56F2N4O8. The third-order valence-electron chi connectivity index (χ3n) is 15.9. The SMILES string of the molecule is C#Cc1ccc2[nH]c3c(c2c1)CN1CC(C(C)(F)F)C[C@@H](C1)C[C@]3(C(=O)OC)C1C=C2C(=CC1OC)N(C)[C@H]1[C@@](O)(C(=O)OC)[C@H](OC(C)=O)[C@]3(CC)C=CCN4CC[C@]21[C@@H]43. The summed E-state index contributed by atoms with van der Waals surface area (Å²) in [5.41, 5.74) is -1.47. The Morgan fingerprint density at radius 3 is 2.51 bits per heavy atom. The Kier molecular flexibility index (Phi) is 9.75. The first kappa shape index (κ1) is 41.8. The summed E-state index contributed by atoms with van der Waals surface area (Å²) < 4.78 is 54.7. The number of methoxy groups -OCH3 is 3. The number of nitrogens with zero attached hydrogens (tertiary/aromatic N) is 3. The number of ether oxygens (including phenoxy) is 4. The van der Waals surface area contributed by atoms with Crippen molar-refractivity contribution in [2.75, 3.05) is 54.6 Å². The van der Waals surface area contributed by atoms with E-state index in [2.05, 4.69) is 26.8 Å². The molecule has 2 bridgehead atoms. The minimum Gasteiger partial charge on any atom is -0.468 e. The molecule has 0 amide bonds. The van der Waals surface area contributed by atoms with Gasteiger partial charge in [-0.1, -0.05) is 31.1 Å². The third kappa shape index (κ3) is 5.52. The number of halogens is 2. The van der Waals surface area contributed by atoms with E-state index in [-0.39, 0.29) is 31.3 Å². The zero-order valence-corrected chi connectivity index (χ0v) is 35.9. The van der Waals surface area contributed by atoms with Crippen LogP contribution in [0.25, 0.3) is 10.9 Å². The molecule has 1 aromatic heterocycles. The topological polar surface area (TPSA) is 134 Å². The number of nitrogens with one attached hydrogen (secondary N) is 1. The van der Waals surface area contributed by atoms with Gasteiger partial charge >= 0.3 is 17.9 Å². The van der Waals surface area contributed by atoms with Crippen molar-refractivity contribution < 1.29 is 47.2 Å². The van der Waals surface area contributed by atoms with Gasteiger partial charge in [-0.15, -0.1) is 6.42 Å². The Labute approximate surface area is 355 Å². The Bertz CT molecular complexity index is 2330. The first-order valence-corrected chi connectivity index (χ1v) is 21.4. The molecule has 0 radical (unpaired) electrons. The number of fused-ring (bicyclic) bond motifs is 6. The number of H-pyrrole nitrogens is 1. The maximum absolute atomic E-state index is 15.4. The number of aromatic nitrogens is 1. The van der Waals surface area contributed by atoms with Crippen molar-refractivity contribution in [2.45, 2.75) is 94.2 Å². The van der Waals surface area contributed by atoms with Gasteiger partial charge in [0.05, 0.1) is 26.4 Å². The van der Waals surface area contributed by atoms with Crippen LogP contribution in [0.4, 0.5) is 8.78 Å². The second-order valence-electron chi connectivity index (χ2n) is 18.7. The number of aromatic amines is 1. The Hall–Kier alpha value is -4.55. The summed E-state index contributed by atoms with van der Waals surface area (Å²) in [7, 11) is 6.00. The van der Waals surface area contributed by atoms with Gasteiger partial charge in [0.25, 0.3) is 0 Å². The lowest BCUT2D eigenvalue weighted by atomic mass is 9.47. The largest absolute Gasteiger partial charge is 0.468 e. The fourth-order valence-corrected chi connectivity index (χ4v) is 13.8. The number of benzene rings is 1. The van der Waals surface area contributed by atoms with Crippen LogP contribution in [-0.4, -0.2) is 133 Å². The normalized spacial score (nSPS) is 38.7. The molecule has 2 aliphatic carbocycles. The lowest BCUT2D eigenvalue weighted by molar-refractivity contribution is -0.243. The highest BCUT2D eigenvalue weighted by molar-refractivity contribution is 5.92. The molecular weight excluding hydrogens is 787 g/mol. The number of likely N-dealkylation sites (N-methyl/N-ethyl adjacent to an activating group) is 1. The summed E-state index contributed by atoms with van der Waals surface area (Å²) in [5, 5.41) is 14.1. The number of terminal acetylenes is 1. The van der Waals surface area contributed by atoms with Gasteiger partial charge in [-0.3, -0.25) is 19.4 Å². The smallest absolute Gasteiger partial charge is 0.344 e. The van der Waals surface area contributed by atoms with Crippen LogP contribution in [0, 0.1) is 40.9 Å². The summed E-state index contributed by atoms with van der Waals surface area (Å²) in [6.07, 6.45) is 13.3. The second kappa shape index (κ2) is 14.2. The molecule has 1 aromatic carbocycles. The van der Waals surface area contributed by atoms with Crippen molar-refractivity contribution in [3.05, 3.63) is 70.6 Å². The van der Waals surface area contributed by atoms with Gasteiger partial charge in [-0.2, -0.15) is 0 Å². The maximum atomic E-state index is 15.4. The van der Waals surface area contributed by atoms with Gasteiger partial charge in [0.15, 0.2) is 6.10 Å². The molecule has 326 valence electrons. The van der Waals surface area contributed by atoms with E-state index in [0.717, 1.165) is 34.7 Å². The van der Waals surface area contributed by atoms with Crippen LogP contribution in [0.5, 0.6) is 0 Å². The van der Waals surface area contributed by atoms with Gasteiger partial charge in [0.1, 0.15) is 5.41 Å². The Morgan fingerprint density at radius 2 is 1.85 bits per heavy atom. The van der Waals surface area contributed by atoms with Crippen LogP contribution < -0.4 is 0 Å². The standard InChI is InChI=1S/C47H56F2N4O8/c1-9-27-12-13-34-30(19-27)31-25-52-23-28(18-29(24-52)43(4,48)49)22-46(37(31)50-34,41(55)59-7)33-20-32-35(21-36(33)58-6)51(5)39-45(32)15-17-53-16-11-14-44(10-2,38(45)53)40(61-26(3)54)47(39,57)42(56)60-8/h1,11-14,19-21,28-29,33,36,38-40,50,57H,10,15-18,22-25H2,2-8H3/t28-,29?,33?,36?,38+,39-,40-,44-,45-,46+,47+/m1/s1. The summed E-state index contributed by atoms with van der Waals surface area (Å²) >= 11 is 0. The highest BCUT2D eigenvalue weighted by atomic mass is 19.3. The molecule has 4 unspecified atom stereocenters. The maximum Gasteiger partial charge on any atom is 0.344 e. The highest BCUT2D eigenvalue weighted by Gasteiger charge is 2.81. The molecule has 1 saturated carbocycles. The van der Waals surface area contributed by atoms with Crippen molar-refractivity contribution in [3.63, 3.8) is 0 Å². The van der Waals surface area contributed by atoms with E-state index >= 15 is 13.6 Å². The number of carbonyl (C=O) groups is 3. The van der Waals surface area contributed by atoms with E-state index in [1.807, 2.05) is 55.3 Å². The minimum absolute atomic E-state index is 0.173. The quantitative estimate of drug-likeness (QED) is 0.174. The molecule has 5 aliphatic heterocycles. The van der Waals surface area contributed by atoms with Crippen molar-refractivity contribution >= 4 is 28.8 Å². The van der Waals surface area contributed by atoms with Crippen molar-refractivity contribution in [2.24, 2.45) is 28.6 Å². The molecule has 9 rings (SSSR count). The summed E-state index contributed by atoms with van der Waals surface area (Å²) in [4.78, 5) is 52.7. The lowest BCUT2D eigenvalue weighted by Crippen LogP contribution is -2.79. The number of hydrogen-bond acceptors (Lipinski definition) is 11. The number of piperidine rings is 1. The average Bonchev–Trinajstić information content (AvgIpc) is 3.89. The van der Waals surface area contributed by atoms with Crippen LogP contribution in [0.15, 0.2) is 53.8 Å². The molecule has 1 spiro atoms. The zero-order chi connectivity index (χ0) is 43.6. The molecule has 3 saturated heterocycles. The van der Waals surface area contributed by atoms with E-state index in [1.54, 1.807) is 7.11 Å². The number of esters is 3. The fraction of sp³-hybridized carbons (Fsp3) is 0.596. The molecule has 12 nitrogen and oxygen atoms in total. The lowest BCUT2D eigenvalue weighted by Gasteiger charge is -2.63. The van der Waals surface area contributed by atoms with Crippen LogP contribution in [0.3, 0.4) is 0 Å². The van der Waals surface area contributed by atoms with Crippen LogP contribution >= 0.6 is 0 Å². The Morgan fingerprint density at radius 1 is 1.10 bits per heavy atom. The molecule has 2 aromatic rings. The monoisotopic (exact) mass is 842 g/mol. The number of likely N-dealkylation sites (tertiary alicyclic amines) is 1. The molecule has 6 heterocycles. The van der Waals surface area contributed by atoms with Gasteiger partial charge in [-0.25, -0.2) is 13.6 Å². The third-order valence-corrected chi connectivity index (χ3v) is 15.9. The molecule has 12 atom stereocenters. The molecule has 2 N–H and O–H groups in total. The van der Waals surface area contributed by atoms with E-state index < -0.39 is 75.8 Å². The van der Waals surface area contributed by atoms with Crippen LogP contribution in [-0.2, 0) is 45.3 Å². The van der Waals surface area contributed by atoms with Crippen LogP contribution in [0.1, 0.15) is 63.3 Å². The van der Waals surface area contributed by atoms with E-state index in [0.29, 0.717) is 50.3 Å². The molecule has 4 fully saturated rings. The number of rotatable bonds is 7. The number of hydrogen-bond donors (Lipinski definition) is 2. The van der Waals surface area contributed by atoms with Crippen molar-refractivity contribution in [3.8, 4) is 12.3 Å². The first-order valence-electron chi connectivity index (χ1n) is 21.4. The minimum atomic E-state index is -2.96. The predicted molar refractivity (Wildman–Crippen MR) is 221 cm³/mol. The number of aliphatic hydroxyl groups is 1. The number of carbonyl (C=O) groups excluding carboxylic acids is 3. The number of alkyl halides is 2. The molecule has 61 heavy (non-hydrogen) atoms. The van der Waals surface area contributed by atoms with Crippen molar-refractivity contribution in [1.82, 2.24) is 19.7 Å². The van der Waals surface area contributed by atoms with Gasteiger partial charge < -0.3 is 33.9 Å². The van der Waals surface area contributed by atoms with Crippen molar-refractivity contribution in [1.29, 1.82) is 0 Å². The predicted octanol–water partition coefficient (Wildman–Crippen LogP) is 4.70. The van der Waals surface area contributed by atoms with Gasteiger partial charge in [-0.05, 0) is 80.5 Å². The fourth-order valence-electron chi connectivity index (χ4n) is 13.8. The highest BCUT2D eigenvalue weighted by Crippen LogP contribution is 2.70. The van der Waals surface area contributed by atoms with Gasteiger partial charge in [0, 0.05) is 104 Å². The zero-order valence-electron chi connectivity index (χ0n) is 35.9. The Balaban J connectivity index is 1.33. The van der Waals surface area contributed by atoms with E-state index in [4.69, 9.17) is 25.4 Å². The first-order chi connectivity index (χ1) is 29.0. The average molecular weight is 843 g/mol. The molecule has 14 heteroatoms. The summed E-state index contributed by atoms with van der Waals surface area (Å²) in [6, 6.07) is 4.31. The number of allylic oxidation sites excluding steroid dienone is 1. The summed E-state index contributed by atoms with van der Waals surface area (Å²) in [5.74, 6) is -4.34. The summed E-state index contributed by atoms with van der Waals surface area (Å²) in [6.45, 7) is 6.45. The van der Waals surface area contributed by atoms with Gasteiger partial charge in [0.2, 0.25) is 11.5 Å². The van der Waals surface area contributed by atoms with E-state index in [1.165, 1.54) is 21.1 Å². The van der Waals surface area contributed by atoms with Crippen LogP contribution in [0.2, 0.25) is 0 Å². The second-order valence-corrected chi connectivity index (χ2v) is 18.7. The molecule has 7 aliphatic rings. The van der Waals surface area contributed by atoms with E-state index in [9.17, 15) is 14.7 Å².